The van der Waals surface area contributed by atoms with Gasteiger partial charge in [0.15, 0.2) is 0 Å². The summed E-state index contributed by atoms with van der Waals surface area (Å²) in [6.45, 7) is 6.41. The number of methoxy groups -OCH3 is 1. The first-order valence-corrected chi connectivity index (χ1v) is 7.66. The van der Waals surface area contributed by atoms with Gasteiger partial charge in [-0.05, 0) is 39.0 Å². The molecule has 1 aliphatic carbocycles. The predicted octanol–water partition coefficient (Wildman–Crippen LogP) is 2.09. The molecule has 1 saturated carbocycles. The maximum Gasteiger partial charge on any atom is 0.329 e. The molecule has 2 amide bonds. The third-order valence-corrected chi connectivity index (χ3v) is 4.20. The average Bonchev–Trinajstić information content (AvgIpc) is 3.23. The Balaban J connectivity index is 2.75. The van der Waals surface area contributed by atoms with Crippen molar-refractivity contribution in [3.05, 3.63) is 0 Å². The van der Waals surface area contributed by atoms with Crippen LogP contribution in [-0.2, 0) is 9.53 Å². The zero-order valence-corrected chi connectivity index (χ0v) is 13.5. The first kappa shape index (κ1) is 17.8. The topological polar surface area (TPSA) is 78.9 Å². The minimum Gasteiger partial charge on any atom is -0.480 e. The van der Waals surface area contributed by atoms with E-state index in [4.69, 9.17) is 4.74 Å². The summed E-state index contributed by atoms with van der Waals surface area (Å²) in [5.74, 6) is -0.474. The lowest BCUT2D eigenvalue weighted by atomic mass is 9.96. The van der Waals surface area contributed by atoms with Gasteiger partial charge < -0.3 is 20.1 Å². The molecule has 6 heteroatoms. The molecule has 2 unspecified atom stereocenters. The van der Waals surface area contributed by atoms with E-state index in [9.17, 15) is 14.7 Å². The number of ether oxygens (including phenoxy) is 1. The number of hydrogen-bond acceptors (Lipinski definition) is 3. The van der Waals surface area contributed by atoms with Crippen LogP contribution >= 0.6 is 0 Å². The highest BCUT2D eigenvalue weighted by Gasteiger charge is 2.39. The molecular formula is C15H28N2O4. The number of nitrogens with one attached hydrogen (secondary N) is 1. The fraction of sp³-hybridized carbons (Fsp3) is 0.867. The number of urea groups is 1. The van der Waals surface area contributed by atoms with Crippen molar-refractivity contribution in [3.63, 3.8) is 0 Å². The predicted molar refractivity (Wildman–Crippen MR) is 80.2 cm³/mol. The van der Waals surface area contributed by atoms with Gasteiger partial charge in [0, 0.05) is 19.7 Å². The highest BCUT2D eigenvalue weighted by atomic mass is 16.5. The lowest BCUT2D eigenvalue weighted by Gasteiger charge is -2.34. The minimum atomic E-state index is -1.22. The van der Waals surface area contributed by atoms with Crippen LogP contribution in [0.1, 0.15) is 46.5 Å². The molecule has 0 radical (unpaired) electrons. The number of carbonyl (C=O) groups is 2. The normalized spacial score (nSPS) is 18.7. The van der Waals surface area contributed by atoms with E-state index in [1.807, 2.05) is 13.8 Å². The van der Waals surface area contributed by atoms with Crippen molar-refractivity contribution in [3.8, 4) is 0 Å². The first-order chi connectivity index (χ1) is 9.85. The van der Waals surface area contributed by atoms with Crippen LogP contribution in [0.25, 0.3) is 0 Å². The van der Waals surface area contributed by atoms with Crippen LogP contribution in [0.4, 0.5) is 4.79 Å². The Morgan fingerprint density at radius 2 is 2.10 bits per heavy atom. The van der Waals surface area contributed by atoms with Gasteiger partial charge in [-0.15, -0.1) is 0 Å². The Kier molecular flexibility index (Phi) is 6.45. The number of hydrogen-bond donors (Lipinski definition) is 2. The van der Waals surface area contributed by atoms with Crippen molar-refractivity contribution < 1.29 is 19.4 Å². The summed E-state index contributed by atoms with van der Waals surface area (Å²) in [4.78, 5) is 25.7. The van der Waals surface area contributed by atoms with Crippen LogP contribution in [0.5, 0.6) is 0 Å². The molecule has 0 aromatic rings. The van der Waals surface area contributed by atoms with Crippen LogP contribution in [-0.4, -0.2) is 53.8 Å². The summed E-state index contributed by atoms with van der Waals surface area (Å²) in [6.07, 6.45) is 3.36. The van der Waals surface area contributed by atoms with Crippen LogP contribution in [0.2, 0.25) is 0 Å². The van der Waals surface area contributed by atoms with Crippen LogP contribution in [0.15, 0.2) is 0 Å². The molecule has 0 heterocycles. The summed E-state index contributed by atoms with van der Waals surface area (Å²) in [5.41, 5.74) is -1.22. The standard InChI is InChI=1S/C15H28N2O4/c1-5-8-15(3,13(18)19)16-14(20)17(9-10-21-4)11(2)12-6-7-12/h11-12H,5-10H2,1-4H3,(H,16,20)(H,18,19). The summed E-state index contributed by atoms with van der Waals surface area (Å²) >= 11 is 0. The molecular weight excluding hydrogens is 272 g/mol. The van der Waals surface area contributed by atoms with Crippen molar-refractivity contribution in [1.82, 2.24) is 10.2 Å². The van der Waals surface area contributed by atoms with Gasteiger partial charge in [-0.1, -0.05) is 13.3 Å². The van der Waals surface area contributed by atoms with Crippen LogP contribution < -0.4 is 5.32 Å². The van der Waals surface area contributed by atoms with Crippen molar-refractivity contribution in [2.45, 2.75) is 58.0 Å². The third-order valence-electron chi connectivity index (χ3n) is 4.20. The number of rotatable bonds is 9. The summed E-state index contributed by atoms with van der Waals surface area (Å²) in [5, 5.41) is 12.1. The molecule has 0 aromatic heterocycles. The SMILES string of the molecule is CCCC(C)(NC(=O)N(CCOC)C(C)C1CC1)C(=O)O. The molecule has 0 saturated heterocycles. The lowest BCUT2D eigenvalue weighted by molar-refractivity contribution is -0.144. The van der Waals surface area contributed by atoms with Gasteiger partial charge in [0.2, 0.25) is 0 Å². The number of carboxylic acid groups (broad SMARTS) is 1. The number of nitrogens with zero attached hydrogens (tertiary/aromatic N) is 1. The molecule has 1 fully saturated rings. The Morgan fingerprint density at radius 1 is 1.48 bits per heavy atom. The highest BCUT2D eigenvalue weighted by molar-refractivity contribution is 5.86. The van der Waals surface area contributed by atoms with E-state index in [2.05, 4.69) is 5.32 Å². The van der Waals surface area contributed by atoms with Gasteiger partial charge in [-0.3, -0.25) is 0 Å². The Bertz CT molecular complexity index is 371. The Labute approximate surface area is 126 Å². The molecule has 21 heavy (non-hydrogen) atoms. The largest absolute Gasteiger partial charge is 0.480 e. The zero-order chi connectivity index (χ0) is 16.0. The highest BCUT2D eigenvalue weighted by Crippen LogP contribution is 2.35. The first-order valence-electron chi connectivity index (χ1n) is 7.66. The maximum absolute atomic E-state index is 12.5. The van der Waals surface area contributed by atoms with E-state index in [0.29, 0.717) is 31.9 Å². The fourth-order valence-electron chi connectivity index (χ4n) is 2.54. The van der Waals surface area contributed by atoms with Crippen molar-refractivity contribution >= 4 is 12.0 Å². The number of carboxylic acids is 1. The summed E-state index contributed by atoms with van der Waals surface area (Å²) in [6, 6.07) is -0.204. The fourth-order valence-corrected chi connectivity index (χ4v) is 2.54. The third kappa shape index (κ3) is 4.88. The summed E-state index contributed by atoms with van der Waals surface area (Å²) < 4.78 is 5.06. The quantitative estimate of drug-likeness (QED) is 0.683. The second kappa shape index (κ2) is 7.64. The van der Waals surface area contributed by atoms with Gasteiger partial charge >= 0.3 is 12.0 Å². The van der Waals surface area contributed by atoms with E-state index in [0.717, 1.165) is 12.8 Å². The van der Waals surface area contributed by atoms with Crippen molar-refractivity contribution in [2.24, 2.45) is 5.92 Å². The smallest absolute Gasteiger partial charge is 0.329 e. The van der Waals surface area contributed by atoms with E-state index in [1.54, 1.807) is 18.9 Å². The molecule has 6 nitrogen and oxygen atoms in total. The Hall–Kier alpha value is -1.30. The number of carbonyl (C=O) groups excluding carboxylic acids is 1. The Morgan fingerprint density at radius 3 is 2.52 bits per heavy atom. The number of amides is 2. The molecule has 1 aliphatic rings. The zero-order valence-electron chi connectivity index (χ0n) is 13.5. The molecule has 0 aromatic carbocycles. The van der Waals surface area contributed by atoms with Gasteiger partial charge in [0.1, 0.15) is 5.54 Å². The van der Waals surface area contributed by atoms with E-state index >= 15 is 0 Å². The molecule has 2 atom stereocenters. The molecule has 0 aliphatic heterocycles. The second-order valence-electron chi connectivity index (χ2n) is 6.08. The average molecular weight is 300 g/mol. The van der Waals surface area contributed by atoms with Gasteiger partial charge in [0.25, 0.3) is 0 Å². The number of aliphatic carboxylic acids is 1. The second-order valence-corrected chi connectivity index (χ2v) is 6.08. The monoisotopic (exact) mass is 300 g/mol. The van der Waals surface area contributed by atoms with E-state index in [1.165, 1.54) is 0 Å². The molecule has 122 valence electrons. The maximum atomic E-state index is 12.5. The van der Waals surface area contributed by atoms with E-state index in [-0.39, 0.29) is 12.1 Å². The molecule has 2 N–H and O–H groups in total. The van der Waals surface area contributed by atoms with Crippen molar-refractivity contribution in [1.29, 1.82) is 0 Å². The van der Waals surface area contributed by atoms with Crippen molar-refractivity contribution in [2.75, 3.05) is 20.3 Å². The van der Waals surface area contributed by atoms with Crippen LogP contribution in [0, 0.1) is 5.92 Å². The summed E-state index contributed by atoms with van der Waals surface area (Å²) in [7, 11) is 1.59. The van der Waals surface area contributed by atoms with Gasteiger partial charge in [-0.2, -0.15) is 0 Å². The van der Waals surface area contributed by atoms with Crippen LogP contribution in [0.3, 0.4) is 0 Å². The molecule has 1 rings (SSSR count). The molecule has 0 spiro atoms. The van der Waals surface area contributed by atoms with Gasteiger partial charge in [-0.25, -0.2) is 9.59 Å². The van der Waals surface area contributed by atoms with E-state index < -0.39 is 11.5 Å². The molecule has 0 bridgehead atoms. The lowest BCUT2D eigenvalue weighted by Crippen LogP contribution is -2.58. The minimum absolute atomic E-state index is 0.111. The van der Waals surface area contributed by atoms with Gasteiger partial charge in [0.05, 0.1) is 6.61 Å².